The molecule has 0 spiro atoms. The summed E-state index contributed by atoms with van der Waals surface area (Å²) >= 11 is 0. The van der Waals surface area contributed by atoms with Gasteiger partial charge in [-0.2, -0.15) is 0 Å². The van der Waals surface area contributed by atoms with Gasteiger partial charge in [0.1, 0.15) is 0 Å². The monoisotopic (exact) mass is 264 g/mol. The van der Waals surface area contributed by atoms with Crippen molar-refractivity contribution in [1.29, 1.82) is 0 Å². The van der Waals surface area contributed by atoms with E-state index in [-0.39, 0.29) is 0 Å². The van der Waals surface area contributed by atoms with Crippen molar-refractivity contribution in [3.63, 3.8) is 0 Å². The summed E-state index contributed by atoms with van der Waals surface area (Å²) in [5.74, 6) is 2.06. The molecule has 2 heteroatoms. The molecular formula is C17H32N2. The molecule has 0 unspecified atom stereocenters. The maximum Gasteiger partial charge on any atom is 0.0110 e. The first-order valence-electron chi connectivity index (χ1n) is 8.85. The predicted octanol–water partition coefficient (Wildman–Crippen LogP) is 3.37. The van der Waals surface area contributed by atoms with E-state index in [0.29, 0.717) is 0 Å². The van der Waals surface area contributed by atoms with Crippen LogP contribution in [0.25, 0.3) is 0 Å². The second-order valence-electron chi connectivity index (χ2n) is 7.26. The molecule has 2 aliphatic carbocycles. The third kappa shape index (κ3) is 4.19. The Bertz CT molecular complexity index is 246. The second kappa shape index (κ2) is 7.08. The third-order valence-electron chi connectivity index (χ3n) is 5.70. The third-order valence-corrected chi connectivity index (χ3v) is 5.70. The molecule has 0 radical (unpaired) electrons. The van der Waals surface area contributed by atoms with E-state index in [9.17, 15) is 0 Å². The zero-order chi connectivity index (χ0) is 12.9. The number of piperazine rings is 1. The molecule has 2 saturated carbocycles. The first-order chi connectivity index (χ1) is 9.40. The van der Waals surface area contributed by atoms with Gasteiger partial charge in [-0.15, -0.1) is 0 Å². The standard InChI is InChI=1S/C17H32N2/c1-2-6-16(7-3-1)14-18-10-12-19(13-11-18)15-17-8-4-5-9-17/h16-17H,1-15H2. The molecule has 0 aromatic rings. The highest BCUT2D eigenvalue weighted by Crippen LogP contribution is 2.27. The molecule has 1 saturated heterocycles. The molecular weight excluding hydrogens is 232 g/mol. The Balaban J connectivity index is 1.34. The molecule has 0 N–H and O–H groups in total. The molecule has 110 valence electrons. The van der Waals surface area contributed by atoms with E-state index in [0.717, 1.165) is 11.8 Å². The zero-order valence-electron chi connectivity index (χ0n) is 12.7. The summed E-state index contributed by atoms with van der Waals surface area (Å²) in [6.07, 6.45) is 13.5. The van der Waals surface area contributed by atoms with Gasteiger partial charge in [0.25, 0.3) is 0 Å². The fourth-order valence-electron chi connectivity index (χ4n) is 4.45. The minimum atomic E-state index is 1.02. The molecule has 1 aliphatic heterocycles. The van der Waals surface area contributed by atoms with E-state index in [4.69, 9.17) is 0 Å². The highest BCUT2D eigenvalue weighted by Gasteiger charge is 2.24. The van der Waals surface area contributed by atoms with Crippen molar-refractivity contribution in [1.82, 2.24) is 9.80 Å². The van der Waals surface area contributed by atoms with E-state index in [2.05, 4.69) is 9.80 Å². The minimum absolute atomic E-state index is 1.02. The second-order valence-corrected chi connectivity index (χ2v) is 7.26. The molecule has 3 rings (SSSR count). The average Bonchev–Trinajstić information content (AvgIpc) is 2.95. The number of hydrogen-bond acceptors (Lipinski definition) is 2. The molecule has 0 aromatic heterocycles. The van der Waals surface area contributed by atoms with Crippen LogP contribution in [-0.2, 0) is 0 Å². The normalized spacial score (nSPS) is 29.1. The van der Waals surface area contributed by atoms with Crippen LogP contribution in [0.3, 0.4) is 0 Å². The summed E-state index contributed by atoms with van der Waals surface area (Å²) in [7, 11) is 0. The first kappa shape index (κ1) is 13.9. The van der Waals surface area contributed by atoms with Crippen molar-refractivity contribution in [3.05, 3.63) is 0 Å². The van der Waals surface area contributed by atoms with Crippen LogP contribution in [0.5, 0.6) is 0 Å². The van der Waals surface area contributed by atoms with Crippen LogP contribution in [-0.4, -0.2) is 49.1 Å². The molecule has 3 aliphatic rings. The minimum Gasteiger partial charge on any atom is -0.301 e. The fraction of sp³-hybridized carbons (Fsp3) is 1.00. The predicted molar refractivity (Wildman–Crippen MR) is 81.4 cm³/mol. The summed E-state index contributed by atoms with van der Waals surface area (Å²) in [4.78, 5) is 5.49. The van der Waals surface area contributed by atoms with E-state index < -0.39 is 0 Å². The maximum absolute atomic E-state index is 2.75. The van der Waals surface area contributed by atoms with Crippen molar-refractivity contribution in [3.8, 4) is 0 Å². The molecule has 1 heterocycles. The lowest BCUT2D eigenvalue weighted by atomic mass is 9.89. The Morgan fingerprint density at radius 3 is 1.32 bits per heavy atom. The van der Waals surface area contributed by atoms with Gasteiger partial charge in [-0.1, -0.05) is 32.1 Å². The van der Waals surface area contributed by atoms with Crippen molar-refractivity contribution in [2.24, 2.45) is 11.8 Å². The highest BCUT2D eigenvalue weighted by atomic mass is 15.3. The van der Waals surface area contributed by atoms with Gasteiger partial charge >= 0.3 is 0 Å². The van der Waals surface area contributed by atoms with E-state index >= 15 is 0 Å². The van der Waals surface area contributed by atoms with Gasteiger partial charge in [-0.3, -0.25) is 0 Å². The maximum atomic E-state index is 2.75. The van der Waals surface area contributed by atoms with Gasteiger partial charge in [0.05, 0.1) is 0 Å². The van der Waals surface area contributed by atoms with Gasteiger partial charge in [-0.05, 0) is 37.5 Å². The average molecular weight is 264 g/mol. The van der Waals surface area contributed by atoms with Gasteiger partial charge in [-0.25, -0.2) is 0 Å². The van der Waals surface area contributed by atoms with Crippen molar-refractivity contribution < 1.29 is 0 Å². The summed E-state index contributed by atoms with van der Waals surface area (Å²) < 4.78 is 0. The van der Waals surface area contributed by atoms with Gasteiger partial charge in [0, 0.05) is 39.3 Å². The lowest BCUT2D eigenvalue weighted by molar-refractivity contribution is 0.0991. The number of nitrogens with zero attached hydrogens (tertiary/aromatic N) is 2. The first-order valence-corrected chi connectivity index (χ1v) is 8.85. The van der Waals surface area contributed by atoms with Gasteiger partial charge in [0.2, 0.25) is 0 Å². The Morgan fingerprint density at radius 2 is 0.895 bits per heavy atom. The van der Waals surface area contributed by atoms with Crippen molar-refractivity contribution >= 4 is 0 Å². The Morgan fingerprint density at radius 1 is 0.526 bits per heavy atom. The molecule has 0 amide bonds. The summed E-state index contributed by atoms with van der Waals surface area (Å²) in [5, 5.41) is 0. The lowest BCUT2D eigenvalue weighted by Gasteiger charge is -2.38. The van der Waals surface area contributed by atoms with Crippen LogP contribution in [0.1, 0.15) is 57.8 Å². The van der Waals surface area contributed by atoms with E-state index in [1.165, 1.54) is 97.1 Å². The van der Waals surface area contributed by atoms with Crippen LogP contribution in [0.4, 0.5) is 0 Å². The van der Waals surface area contributed by atoms with E-state index in [1.807, 2.05) is 0 Å². The Labute approximate surface area is 119 Å². The quantitative estimate of drug-likeness (QED) is 0.768. The molecule has 3 fully saturated rings. The van der Waals surface area contributed by atoms with Crippen LogP contribution in [0.15, 0.2) is 0 Å². The van der Waals surface area contributed by atoms with Gasteiger partial charge in [0.15, 0.2) is 0 Å². The molecule has 2 nitrogen and oxygen atoms in total. The number of hydrogen-bond donors (Lipinski definition) is 0. The Hall–Kier alpha value is -0.0800. The van der Waals surface area contributed by atoms with Gasteiger partial charge < -0.3 is 9.80 Å². The summed E-state index contributed by atoms with van der Waals surface area (Å²) in [6.45, 7) is 8.15. The van der Waals surface area contributed by atoms with Crippen LogP contribution in [0.2, 0.25) is 0 Å². The largest absolute Gasteiger partial charge is 0.301 e. The number of rotatable bonds is 4. The zero-order valence-corrected chi connectivity index (χ0v) is 12.7. The van der Waals surface area contributed by atoms with Crippen LogP contribution >= 0.6 is 0 Å². The molecule has 0 bridgehead atoms. The topological polar surface area (TPSA) is 6.48 Å². The van der Waals surface area contributed by atoms with Crippen molar-refractivity contribution in [2.75, 3.05) is 39.3 Å². The Kier molecular flexibility index (Phi) is 5.17. The highest BCUT2D eigenvalue weighted by molar-refractivity contribution is 4.79. The fourth-order valence-corrected chi connectivity index (χ4v) is 4.45. The molecule has 0 atom stereocenters. The van der Waals surface area contributed by atoms with E-state index in [1.54, 1.807) is 0 Å². The molecule has 19 heavy (non-hydrogen) atoms. The molecule has 0 aromatic carbocycles. The lowest BCUT2D eigenvalue weighted by Crippen LogP contribution is -2.48. The van der Waals surface area contributed by atoms with Crippen LogP contribution in [0, 0.1) is 11.8 Å². The summed E-state index contributed by atoms with van der Waals surface area (Å²) in [5.41, 5.74) is 0. The van der Waals surface area contributed by atoms with Crippen LogP contribution < -0.4 is 0 Å². The summed E-state index contributed by atoms with van der Waals surface area (Å²) in [6, 6.07) is 0. The van der Waals surface area contributed by atoms with Crippen molar-refractivity contribution in [2.45, 2.75) is 57.8 Å². The SMILES string of the molecule is C1CCC(CN2CCN(CC3CCCC3)CC2)CC1. The smallest absolute Gasteiger partial charge is 0.0110 e.